The minimum atomic E-state index is -0.814. The van der Waals surface area contributed by atoms with Crippen molar-refractivity contribution in [2.24, 2.45) is 0 Å². The van der Waals surface area contributed by atoms with E-state index in [0.717, 1.165) is 10.5 Å². The smallest absolute Gasteiger partial charge is 0.254 e. The monoisotopic (exact) mass is 394 g/mol. The minimum absolute atomic E-state index is 0.0922. The molecule has 3 rings (SSSR count). The lowest BCUT2D eigenvalue weighted by atomic mass is 10.2. The zero-order valence-electron chi connectivity index (χ0n) is 15.5. The van der Waals surface area contributed by atoms with Gasteiger partial charge in [-0.1, -0.05) is 42.1 Å². The summed E-state index contributed by atoms with van der Waals surface area (Å²) in [7, 11) is 0. The van der Waals surface area contributed by atoms with E-state index < -0.39 is 6.10 Å². The SMILES string of the molecule is Cc1cccc(OCC(O)CNC(=O)c2cccnc2Sc2ccccc2)c1. The third-order valence-electron chi connectivity index (χ3n) is 3.90. The van der Waals surface area contributed by atoms with Gasteiger partial charge in [-0.2, -0.15) is 0 Å². The molecule has 0 fully saturated rings. The average Bonchev–Trinajstić information content (AvgIpc) is 2.72. The Labute approximate surface area is 168 Å². The number of aromatic nitrogens is 1. The van der Waals surface area contributed by atoms with E-state index in [1.165, 1.54) is 11.8 Å². The summed E-state index contributed by atoms with van der Waals surface area (Å²) in [4.78, 5) is 17.9. The van der Waals surface area contributed by atoms with E-state index in [-0.39, 0.29) is 19.1 Å². The van der Waals surface area contributed by atoms with Crippen molar-refractivity contribution in [3.63, 3.8) is 0 Å². The molecule has 1 aromatic heterocycles. The molecule has 6 heteroatoms. The number of carbonyl (C=O) groups is 1. The molecule has 2 N–H and O–H groups in total. The second kappa shape index (κ2) is 9.92. The number of nitrogens with zero attached hydrogens (tertiary/aromatic N) is 1. The Balaban J connectivity index is 1.54. The quantitative estimate of drug-likeness (QED) is 0.609. The highest BCUT2D eigenvalue weighted by Gasteiger charge is 2.15. The molecule has 0 spiro atoms. The molecule has 0 bridgehead atoms. The predicted octanol–water partition coefficient (Wildman–Crippen LogP) is 3.71. The largest absolute Gasteiger partial charge is 0.491 e. The van der Waals surface area contributed by atoms with Crippen LogP contribution in [0.5, 0.6) is 5.75 Å². The Bertz CT molecular complexity index is 918. The van der Waals surface area contributed by atoms with E-state index in [1.807, 2.05) is 61.5 Å². The first-order chi connectivity index (χ1) is 13.6. The van der Waals surface area contributed by atoms with Crippen LogP contribution in [0.1, 0.15) is 15.9 Å². The summed E-state index contributed by atoms with van der Waals surface area (Å²) in [6.45, 7) is 2.17. The molecular weight excluding hydrogens is 372 g/mol. The van der Waals surface area contributed by atoms with Gasteiger partial charge in [-0.05, 0) is 48.9 Å². The lowest BCUT2D eigenvalue weighted by Crippen LogP contribution is -2.35. The molecule has 1 unspecified atom stereocenters. The van der Waals surface area contributed by atoms with Gasteiger partial charge in [-0.15, -0.1) is 0 Å². The van der Waals surface area contributed by atoms with Crippen LogP contribution in [0.25, 0.3) is 0 Å². The number of hydrogen-bond donors (Lipinski definition) is 2. The van der Waals surface area contributed by atoms with Crippen LogP contribution >= 0.6 is 11.8 Å². The van der Waals surface area contributed by atoms with Gasteiger partial charge >= 0.3 is 0 Å². The van der Waals surface area contributed by atoms with Crippen molar-refractivity contribution in [1.82, 2.24) is 10.3 Å². The summed E-state index contributed by atoms with van der Waals surface area (Å²) in [6, 6.07) is 20.8. The van der Waals surface area contributed by atoms with Crippen LogP contribution in [0.15, 0.2) is 82.8 Å². The second-order valence-corrected chi connectivity index (χ2v) is 7.32. The highest BCUT2D eigenvalue weighted by Crippen LogP contribution is 2.28. The number of hydrogen-bond acceptors (Lipinski definition) is 5. The van der Waals surface area contributed by atoms with Gasteiger partial charge in [0.2, 0.25) is 0 Å². The van der Waals surface area contributed by atoms with Crippen LogP contribution in [0, 0.1) is 6.92 Å². The molecule has 28 heavy (non-hydrogen) atoms. The molecule has 0 saturated carbocycles. The third-order valence-corrected chi connectivity index (χ3v) is 4.93. The molecule has 3 aromatic rings. The number of benzene rings is 2. The number of carbonyl (C=O) groups excluding carboxylic acids is 1. The highest BCUT2D eigenvalue weighted by molar-refractivity contribution is 7.99. The highest BCUT2D eigenvalue weighted by atomic mass is 32.2. The average molecular weight is 394 g/mol. The first-order valence-electron chi connectivity index (χ1n) is 8.95. The zero-order valence-corrected chi connectivity index (χ0v) is 16.4. The molecule has 1 atom stereocenters. The topological polar surface area (TPSA) is 71.5 Å². The number of pyridine rings is 1. The molecular formula is C22H22N2O3S. The van der Waals surface area contributed by atoms with Gasteiger partial charge in [0.15, 0.2) is 0 Å². The molecule has 0 aliphatic heterocycles. The Morgan fingerprint density at radius 3 is 2.75 bits per heavy atom. The Hall–Kier alpha value is -2.83. The van der Waals surface area contributed by atoms with Crippen LogP contribution < -0.4 is 10.1 Å². The molecule has 0 aliphatic rings. The van der Waals surface area contributed by atoms with E-state index >= 15 is 0 Å². The summed E-state index contributed by atoms with van der Waals surface area (Å²) in [5, 5.41) is 13.5. The molecule has 0 aliphatic carbocycles. The lowest BCUT2D eigenvalue weighted by Gasteiger charge is -2.14. The molecule has 0 saturated heterocycles. The van der Waals surface area contributed by atoms with Gasteiger partial charge in [-0.3, -0.25) is 4.79 Å². The third kappa shape index (κ3) is 5.84. The fraction of sp³-hybridized carbons (Fsp3) is 0.182. The summed E-state index contributed by atoms with van der Waals surface area (Å²) in [6.07, 6.45) is 0.846. The second-order valence-electron chi connectivity index (χ2n) is 6.26. The Morgan fingerprint density at radius 2 is 1.96 bits per heavy atom. The molecule has 144 valence electrons. The van der Waals surface area contributed by atoms with Crippen molar-refractivity contribution in [2.75, 3.05) is 13.2 Å². The van der Waals surface area contributed by atoms with Gasteiger partial charge in [0.1, 0.15) is 23.5 Å². The van der Waals surface area contributed by atoms with E-state index in [9.17, 15) is 9.90 Å². The number of amides is 1. The zero-order chi connectivity index (χ0) is 19.8. The van der Waals surface area contributed by atoms with E-state index in [0.29, 0.717) is 16.3 Å². The van der Waals surface area contributed by atoms with Crippen molar-refractivity contribution < 1.29 is 14.6 Å². The Morgan fingerprint density at radius 1 is 1.14 bits per heavy atom. The maximum Gasteiger partial charge on any atom is 0.254 e. The molecule has 1 amide bonds. The van der Waals surface area contributed by atoms with Crippen molar-refractivity contribution >= 4 is 17.7 Å². The fourth-order valence-corrected chi connectivity index (χ4v) is 3.41. The van der Waals surface area contributed by atoms with Crippen LogP contribution in [0.2, 0.25) is 0 Å². The number of nitrogens with one attached hydrogen (secondary N) is 1. The molecule has 2 aromatic carbocycles. The number of aliphatic hydroxyl groups is 1. The van der Waals surface area contributed by atoms with Crippen LogP contribution in [-0.4, -0.2) is 35.3 Å². The molecule has 5 nitrogen and oxygen atoms in total. The summed E-state index contributed by atoms with van der Waals surface area (Å²) in [5.74, 6) is 0.417. The predicted molar refractivity (Wildman–Crippen MR) is 110 cm³/mol. The lowest BCUT2D eigenvalue weighted by molar-refractivity contribution is 0.0841. The first kappa shape index (κ1) is 19.9. The molecule has 1 heterocycles. The van der Waals surface area contributed by atoms with Gasteiger partial charge in [0, 0.05) is 17.6 Å². The number of rotatable bonds is 8. The van der Waals surface area contributed by atoms with Crippen LogP contribution in [0.3, 0.4) is 0 Å². The number of aliphatic hydroxyl groups excluding tert-OH is 1. The summed E-state index contributed by atoms with van der Waals surface area (Å²) < 4.78 is 5.57. The van der Waals surface area contributed by atoms with E-state index in [4.69, 9.17) is 4.74 Å². The standard InChI is InChI=1S/C22H22N2O3S/c1-16-7-5-8-18(13-16)27-15-17(25)14-24-21(26)20-11-6-12-23-22(20)28-19-9-3-2-4-10-19/h2-13,17,25H,14-15H2,1H3,(H,24,26). The van der Waals surface area contributed by atoms with E-state index in [1.54, 1.807) is 18.3 Å². The van der Waals surface area contributed by atoms with Gasteiger partial charge in [0.25, 0.3) is 5.91 Å². The van der Waals surface area contributed by atoms with E-state index in [2.05, 4.69) is 10.3 Å². The summed E-state index contributed by atoms with van der Waals surface area (Å²) >= 11 is 1.43. The fourth-order valence-electron chi connectivity index (χ4n) is 2.51. The van der Waals surface area contributed by atoms with Crippen molar-refractivity contribution in [1.29, 1.82) is 0 Å². The number of ether oxygens (including phenoxy) is 1. The van der Waals surface area contributed by atoms with Crippen molar-refractivity contribution in [3.8, 4) is 5.75 Å². The normalized spacial score (nSPS) is 11.6. The van der Waals surface area contributed by atoms with Crippen molar-refractivity contribution in [2.45, 2.75) is 22.9 Å². The molecule has 0 radical (unpaired) electrons. The Kier molecular flexibility index (Phi) is 7.06. The van der Waals surface area contributed by atoms with Gasteiger partial charge in [-0.25, -0.2) is 4.98 Å². The van der Waals surface area contributed by atoms with Crippen LogP contribution in [0.4, 0.5) is 0 Å². The summed E-state index contributed by atoms with van der Waals surface area (Å²) in [5.41, 5.74) is 1.56. The minimum Gasteiger partial charge on any atom is -0.491 e. The van der Waals surface area contributed by atoms with Crippen molar-refractivity contribution in [3.05, 3.63) is 84.1 Å². The first-order valence-corrected chi connectivity index (χ1v) is 9.77. The number of aryl methyl sites for hydroxylation is 1. The maximum atomic E-state index is 12.6. The maximum absolute atomic E-state index is 12.6. The van der Waals surface area contributed by atoms with Crippen LogP contribution in [-0.2, 0) is 0 Å². The van der Waals surface area contributed by atoms with Gasteiger partial charge < -0.3 is 15.2 Å². The van der Waals surface area contributed by atoms with Gasteiger partial charge in [0.05, 0.1) is 5.56 Å².